The number of amides is 2. The molecule has 3 heterocycles. The van der Waals surface area contributed by atoms with Crippen LogP contribution in [0.2, 0.25) is 0 Å². The quantitative estimate of drug-likeness (QED) is 0.832. The van der Waals surface area contributed by atoms with Gasteiger partial charge in [0.05, 0.1) is 6.54 Å². The zero-order chi connectivity index (χ0) is 16.7. The number of likely N-dealkylation sites (tertiary alicyclic amines) is 1. The fourth-order valence-electron chi connectivity index (χ4n) is 3.41. The summed E-state index contributed by atoms with van der Waals surface area (Å²) in [4.78, 5) is 28.1. The summed E-state index contributed by atoms with van der Waals surface area (Å²) in [5, 5.41) is 7.51. The van der Waals surface area contributed by atoms with E-state index in [-0.39, 0.29) is 24.1 Å². The first-order chi connectivity index (χ1) is 11.6. The molecule has 2 aliphatic rings. The van der Waals surface area contributed by atoms with Crippen LogP contribution in [0.25, 0.3) is 11.0 Å². The summed E-state index contributed by atoms with van der Waals surface area (Å²) >= 11 is 0. The fraction of sp³-hybridized carbons (Fsp3) is 0.500. The van der Waals surface area contributed by atoms with Crippen LogP contribution in [0.4, 0.5) is 4.79 Å². The zero-order valence-electron chi connectivity index (χ0n) is 13.3. The van der Waals surface area contributed by atoms with Crippen LogP contribution in [-0.4, -0.2) is 63.9 Å². The van der Waals surface area contributed by atoms with E-state index in [1.54, 1.807) is 23.1 Å². The Hall–Kier alpha value is -2.64. The highest BCUT2D eigenvalue weighted by Gasteiger charge is 2.36. The Morgan fingerprint density at radius 3 is 2.67 bits per heavy atom. The lowest BCUT2D eigenvalue weighted by atomic mass is 10.0. The van der Waals surface area contributed by atoms with Crippen LogP contribution in [-0.2, 0) is 4.74 Å². The average molecular weight is 330 g/mol. The van der Waals surface area contributed by atoms with E-state index < -0.39 is 0 Å². The van der Waals surface area contributed by atoms with Crippen molar-refractivity contribution in [3.05, 3.63) is 23.8 Å². The van der Waals surface area contributed by atoms with Gasteiger partial charge in [-0.3, -0.25) is 4.79 Å². The van der Waals surface area contributed by atoms with E-state index in [2.05, 4.69) is 14.9 Å². The summed E-state index contributed by atoms with van der Waals surface area (Å²) in [6.45, 7) is 3.77. The van der Waals surface area contributed by atoms with Crippen LogP contribution in [0.5, 0.6) is 0 Å². The highest BCUT2D eigenvalue weighted by atomic mass is 16.6. The number of ether oxygens (including phenoxy) is 1. The number of carbonyl (C=O) groups is 2. The van der Waals surface area contributed by atoms with Gasteiger partial charge in [-0.15, -0.1) is 0 Å². The van der Waals surface area contributed by atoms with Gasteiger partial charge in [0.25, 0.3) is 5.91 Å². The predicted molar refractivity (Wildman–Crippen MR) is 83.4 cm³/mol. The molecule has 4 rings (SSSR count). The molecule has 0 spiro atoms. The van der Waals surface area contributed by atoms with Crippen LogP contribution in [0.3, 0.4) is 0 Å². The summed E-state index contributed by atoms with van der Waals surface area (Å²) < 4.78 is 9.85. The lowest BCUT2D eigenvalue weighted by Crippen LogP contribution is -2.47. The monoisotopic (exact) mass is 330 g/mol. The number of carbonyl (C=O) groups excluding carboxylic acids is 2. The molecule has 0 N–H and O–H groups in total. The van der Waals surface area contributed by atoms with Gasteiger partial charge in [0.2, 0.25) is 0 Å². The summed E-state index contributed by atoms with van der Waals surface area (Å²) in [5.41, 5.74) is 1.78. The first-order valence-corrected chi connectivity index (χ1v) is 8.10. The van der Waals surface area contributed by atoms with E-state index in [9.17, 15) is 9.59 Å². The molecule has 2 aromatic rings. The van der Waals surface area contributed by atoms with Gasteiger partial charge in [-0.05, 0) is 48.3 Å². The smallest absolute Gasteiger partial charge is 0.410 e. The molecule has 0 aliphatic carbocycles. The number of aromatic nitrogens is 2. The van der Waals surface area contributed by atoms with Crippen molar-refractivity contribution < 1.29 is 19.0 Å². The summed E-state index contributed by atoms with van der Waals surface area (Å²) in [7, 11) is 0. The van der Waals surface area contributed by atoms with E-state index in [1.165, 1.54) is 0 Å². The Morgan fingerprint density at radius 2 is 1.96 bits per heavy atom. The Morgan fingerprint density at radius 1 is 1.21 bits per heavy atom. The van der Waals surface area contributed by atoms with Gasteiger partial charge in [0.15, 0.2) is 0 Å². The van der Waals surface area contributed by atoms with Crippen LogP contribution in [0.1, 0.15) is 30.1 Å². The maximum atomic E-state index is 12.7. The fourth-order valence-corrected chi connectivity index (χ4v) is 3.41. The second-order valence-corrected chi connectivity index (χ2v) is 6.34. The van der Waals surface area contributed by atoms with Crippen LogP contribution in [0, 0.1) is 0 Å². The van der Waals surface area contributed by atoms with Crippen molar-refractivity contribution in [3.63, 3.8) is 0 Å². The van der Waals surface area contributed by atoms with Crippen molar-refractivity contribution in [2.24, 2.45) is 0 Å². The topological polar surface area (TPSA) is 88.8 Å². The minimum absolute atomic E-state index is 0.0317. The molecule has 8 heteroatoms. The number of fused-ring (bicyclic) bond motifs is 1. The molecule has 0 bridgehead atoms. The molecule has 1 unspecified atom stereocenters. The second-order valence-electron chi connectivity index (χ2n) is 6.34. The molecular formula is C16H18N4O4. The molecule has 0 saturated carbocycles. The lowest BCUT2D eigenvalue weighted by molar-refractivity contribution is 0.0658. The molecule has 2 fully saturated rings. The number of hydrogen-bond donors (Lipinski definition) is 0. The Balaban J connectivity index is 1.41. The molecule has 8 nitrogen and oxygen atoms in total. The number of nitrogens with zero attached hydrogens (tertiary/aromatic N) is 4. The molecule has 0 radical (unpaired) electrons. The number of piperidine rings is 1. The van der Waals surface area contributed by atoms with Crippen LogP contribution < -0.4 is 0 Å². The highest BCUT2D eigenvalue weighted by molar-refractivity contribution is 5.97. The normalized spacial score (nSPS) is 22.2. The largest absolute Gasteiger partial charge is 0.444 e. The Labute approximate surface area is 138 Å². The molecule has 1 aromatic carbocycles. The van der Waals surface area contributed by atoms with Crippen molar-refractivity contribution >= 4 is 23.0 Å². The van der Waals surface area contributed by atoms with Gasteiger partial charge in [-0.25, -0.2) is 9.42 Å². The van der Waals surface area contributed by atoms with E-state index >= 15 is 0 Å². The maximum absolute atomic E-state index is 12.7. The number of hydrogen-bond acceptors (Lipinski definition) is 6. The number of rotatable bonds is 2. The van der Waals surface area contributed by atoms with Crippen molar-refractivity contribution in [3.8, 4) is 0 Å². The first kappa shape index (κ1) is 14.9. The number of cyclic esters (lactones) is 1. The predicted octanol–water partition coefficient (Wildman–Crippen LogP) is 1.67. The van der Waals surface area contributed by atoms with Crippen molar-refractivity contribution in [2.75, 3.05) is 19.6 Å². The van der Waals surface area contributed by atoms with E-state index in [0.29, 0.717) is 36.2 Å². The van der Waals surface area contributed by atoms with E-state index in [0.717, 1.165) is 12.8 Å². The van der Waals surface area contributed by atoms with Crippen molar-refractivity contribution in [2.45, 2.75) is 31.9 Å². The third kappa shape index (κ3) is 2.57. The SMILES string of the molecule is CC1CN(C2CCN(C(=O)c3ccc4nonc4c3)CC2)C(=O)O1. The summed E-state index contributed by atoms with van der Waals surface area (Å²) in [5.74, 6) is -0.0317. The first-order valence-electron chi connectivity index (χ1n) is 8.10. The summed E-state index contributed by atoms with van der Waals surface area (Å²) in [6.07, 6.45) is 1.24. The Kier molecular flexibility index (Phi) is 3.59. The van der Waals surface area contributed by atoms with Gasteiger partial charge < -0.3 is 14.5 Å². The molecule has 24 heavy (non-hydrogen) atoms. The van der Waals surface area contributed by atoms with Gasteiger partial charge in [0, 0.05) is 24.7 Å². The van der Waals surface area contributed by atoms with E-state index in [1.807, 2.05) is 11.8 Å². The Bertz CT molecular complexity index is 781. The standard InChI is InChI=1S/C16H18N4O4/c1-10-9-20(16(22)23-10)12-4-6-19(7-5-12)15(21)11-2-3-13-14(8-11)18-24-17-13/h2-3,8,10,12H,4-7,9H2,1H3. The lowest BCUT2D eigenvalue weighted by Gasteiger charge is -2.35. The van der Waals surface area contributed by atoms with Gasteiger partial charge >= 0.3 is 6.09 Å². The van der Waals surface area contributed by atoms with Gasteiger partial charge in [0.1, 0.15) is 17.1 Å². The molecule has 1 atom stereocenters. The van der Waals surface area contributed by atoms with Crippen molar-refractivity contribution in [1.29, 1.82) is 0 Å². The van der Waals surface area contributed by atoms with Gasteiger partial charge in [-0.2, -0.15) is 0 Å². The van der Waals surface area contributed by atoms with Crippen molar-refractivity contribution in [1.82, 2.24) is 20.1 Å². The van der Waals surface area contributed by atoms with Gasteiger partial charge in [-0.1, -0.05) is 0 Å². The average Bonchev–Trinajstić information content (AvgIpc) is 3.19. The summed E-state index contributed by atoms with van der Waals surface area (Å²) in [6, 6.07) is 5.31. The molecule has 2 aliphatic heterocycles. The molecule has 2 amide bonds. The van der Waals surface area contributed by atoms with Crippen LogP contribution in [0.15, 0.2) is 22.8 Å². The minimum Gasteiger partial charge on any atom is -0.444 e. The molecule has 2 saturated heterocycles. The zero-order valence-corrected chi connectivity index (χ0v) is 13.3. The number of benzene rings is 1. The maximum Gasteiger partial charge on any atom is 0.410 e. The third-order valence-electron chi connectivity index (χ3n) is 4.68. The van der Waals surface area contributed by atoms with Crippen LogP contribution >= 0.6 is 0 Å². The third-order valence-corrected chi connectivity index (χ3v) is 4.68. The molecule has 126 valence electrons. The second kappa shape index (κ2) is 5.77. The highest BCUT2D eigenvalue weighted by Crippen LogP contribution is 2.23. The molecule has 1 aromatic heterocycles. The minimum atomic E-state index is -0.240. The van der Waals surface area contributed by atoms with E-state index in [4.69, 9.17) is 4.74 Å². The molecular weight excluding hydrogens is 312 g/mol.